The Morgan fingerprint density at radius 2 is 2.00 bits per heavy atom. The summed E-state index contributed by atoms with van der Waals surface area (Å²) in [5.74, 6) is -0.925. The van der Waals surface area contributed by atoms with Crippen LogP contribution in [0.3, 0.4) is 0 Å². The lowest BCUT2D eigenvalue weighted by atomic mass is 9.91. The molecular formula is C19H21NO5S. The lowest BCUT2D eigenvalue weighted by molar-refractivity contribution is -0.167. The number of rotatable bonds is 5. The molecule has 0 spiro atoms. The van der Waals surface area contributed by atoms with E-state index in [1.54, 1.807) is 18.7 Å². The molecule has 2 aliphatic rings. The molecule has 7 heteroatoms. The summed E-state index contributed by atoms with van der Waals surface area (Å²) in [4.78, 5) is 37.9. The SMILES string of the molecule is CC(=O)OC(C)[C@H]1C(=O)N2C(C(=O)OCc3ccccc3)=C(C)CS[C@H]12. The number of carbonyl (C=O) groups excluding carboxylic acids is 3. The lowest BCUT2D eigenvalue weighted by Crippen LogP contribution is -2.64. The van der Waals surface area contributed by atoms with Crippen LogP contribution in [0, 0.1) is 5.92 Å². The number of carbonyl (C=O) groups is 3. The van der Waals surface area contributed by atoms with E-state index < -0.39 is 24.0 Å². The molecule has 1 aromatic carbocycles. The van der Waals surface area contributed by atoms with Crippen molar-refractivity contribution in [2.45, 2.75) is 38.9 Å². The summed E-state index contributed by atoms with van der Waals surface area (Å²) in [6, 6.07) is 9.39. The number of hydrogen-bond acceptors (Lipinski definition) is 6. The lowest BCUT2D eigenvalue weighted by Gasteiger charge is -2.51. The average molecular weight is 375 g/mol. The Morgan fingerprint density at radius 1 is 1.31 bits per heavy atom. The summed E-state index contributed by atoms with van der Waals surface area (Å²) in [7, 11) is 0. The van der Waals surface area contributed by atoms with Crippen molar-refractivity contribution in [3.8, 4) is 0 Å². The molecule has 0 aliphatic carbocycles. The molecule has 3 atom stereocenters. The van der Waals surface area contributed by atoms with E-state index >= 15 is 0 Å². The second-order valence-corrected chi connectivity index (χ2v) is 7.55. The summed E-state index contributed by atoms with van der Waals surface area (Å²) in [5, 5.41) is -0.208. The van der Waals surface area contributed by atoms with E-state index in [0.29, 0.717) is 11.4 Å². The highest BCUT2D eigenvalue weighted by Gasteiger charge is 2.56. The highest BCUT2D eigenvalue weighted by atomic mass is 32.2. The second kappa shape index (κ2) is 7.53. The van der Waals surface area contributed by atoms with Crippen LogP contribution >= 0.6 is 11.8 Å². The van der Waals surface area contributed by atoms with Crippen LogP contribution in [0.15, 0.2) is 41.6 Å². The van der Waals surface area contributed by atoms with E-state index in [0.717, 1.165) is 11.1 Å². The molecule has 0 N–H and O–H groups in total. The van der Waals surface area contributed by atoms with E-state index in [-0.39, 0.29) is 17.9 Å². The van der Waals surface area contributed by atoms with Gasteiger partial charge in [-0.25, -0.2) is 4.79 Å². The fourth-order valence-electron chi connectivity index (χ4n) is 3.22. The van der Waals surface area contributed by atoms with Crippen LogP contribution in [0.2, 0.25) is 0 Å². The molecule has 1 aromatic rings. The number of ether oxygens (including phenoxy) is 2. The van der Waals surface area contributed by atoms with Gasteiger partial charge in [0, 0.05) is 12.7 Å². The Labute approximate surface area is 156 Å². The number of thioether (sulfide) groups is 1. The first-order valence-corrected chi connectivity index (χ1v) is 9.47. The molecule has 6 nitrogen and oxygen atoms in total. The van der Waals surface area contributed by atoms with Crippen molar-refractivity contribution >= 4 is 29.6 Å². The van der Waals surface area contributed by atoms with Crippen LogP contribution in [0.25, 0.3) is 0 Å². The molecule has 0 bridgehead atoms. The van der Waals surface area contributed by atoms with Gasteiger partial charge in [-0.15, -0.1) is 11.8 Å². The van der Waals surface area contributed by atoms with Crippen LogP contribution in [0.5, 0.6) is 0 Å². The maximum Gasteiger partial charge on any atom is 0.355 e. The molecule has 2 heterocycles. The molecular weight excluding hydrogens is 354 g/mol. The zero-order valence-electron chi connectivity index (χ0n) is 14.9. The molecule has 1 unspecified atom stereocenters. The first-order valence-electron chi connectivity index (χ1n) is 8.43. The third kappa shape index (κ3) is 3.49. The van der Waals surface area contributed by atoms with E-state index in [4.69, 9.17) is 9.47 Å². The molecule has 2 aliphatic heterocycles. The smallest absolute Gasteiger partial charge is 0.355 e. The van der Waals surface area contributed by atoms with Crippen molar-refractivity contribution in [1.29, 1.82) is 0 Å². The maximum atomic E-state index is 12.6. The fraction of sp³-hybridized carbons (Fsp3) is 0.421. The maximum absolute atomic E-state index is 12.6. The third-order valence-corrected chi connectivity index (χ3v) is 5.91. The molecule has 0 radical (unpaired) electrons. The van der Waals surface area contributed by atoms with Crippen LogP contribution in [-0.4, -0.2) is 40.0 Å². The van der Waals surface area contributed by atoms with Crippen LogP contribution in [-0.2, 0) is 30.5 Å². The van der Waals surface area contributed by atoms with Gasteiger partial charge < -0.3 is 9.47 Å². The minimum Gasteiger partial charge on any atom is -0.462 e. The van der Waals surface area contributed by atoms with Gasteiger partial charge in [0.2, 0.25) is 5.91 Å². The van der Waals surface area contributed by atoms with Crippen molar-refractivity contribution in [3.05, 3.63) is 47.2 Å². The number of β-lactam (4-membered cyclic amide) rings is 1. The van der Waals surface area contributed by atoms with Crippen LogP contribution in [0.1, 0.15) is 26.3 Å². The summed E-state index contributed by atoms with van der Waals surface area (Å²) >= 11 is 1.57. The molecule has 1 saturated heterocycles. The Balaban J connectivity index is 1.71. The molecule has 3 rings (SSSR count). The zero-order chi connectivity index (χ0) is 18.8. The minimum absolute atomic E-state index is 0.156. The van der Waals surface area contributed by atoms with Gasteiger partial charge in [-0.1, -0.05) is 30.3 Å². The number of esters is 2. The second-order valence-electron chi connectivity index (χ2n) is 6.44. The van der Waals surface area contributed by atoms with E-state index in [9.17, 15) is 14.4 Å². The highest BCUT2D eigenvalue weighted by molar-refractivity contribution is 8.00. The summed E-state index contributed by atoms with van der Waals surface area (Å²) in [6.45, 7) is 5.02. The summed E-state index contributed by atoms with van der Waals surface area (Å²) in [6.07, 6.45) is -0.520. The van der Waals surface area contributed by atoms with Crippen molar-refractivity contribution < 1.29 is 23.9 Å². The number of benzene rings is 1. The topological polar surface area (TPSA) is 72.9 Å². The predicted octanol–water partition coefficient (Wildman–Crippen LogP) is 2.49. The van der Waals surface area contributed by atoms with Crippen molar-refractivity contribution in [2.75, 3.05) is 5.75 Å². The summed E-state index contributed by atoms with van der Waals surface area (Å²) < 4.78 is 10.6. The van der Waals surface area contributed by atoms with Gasteiger partial charge in [-0.2, -0.15) is 0 Å². The quantitative estimate of drug-likeness (QED) is 0.582. The Kier molecular flexibility index (Phi) is 5.36. The summed E-state index contributed by atoms with van der Waals surface area (Å²) in [5.41, 5.74) is 2.02. The van der Waals surface area contributed by atoms with Crippen LogP contribution < -0.4 is 0 Å². The first kappa shape index (κ1) is 18.5. The first-order chi connectivity index (χ1) is 12.4. The van der Waals surface area contributed by atoms with Crippen molar-refractivity contribution in [2.24, 2.45) is 5.92 Å². The van der Waals surface area contributed by atoms with Crippen molar-refractivity contribution in [1.82, 2.24) is 4.90 Å². The highest BCUT2D eigenvalue weighted by Crippen LogP contribution is 2.45. The minimum atomic E-state index is -0.520. The monoisotopic (exact) mass is 375 g/mol. The number of nitrogens with zero attached hydrogens (tertiary/aromatic N) is 1. The average Bonchev–Trinajstić information content (AvgIpc) is 2.60. The van der Waals surface area contributed by atoms with Gasteiger partial charge in [0.05, 0.1) is 5.37 Å². The largest absolute Gasteiger partial charge is 0.462 e. The van der Waals surface area contributed by atoms with Gasteiger partial charge in [0.25, 0.3) is 0 Å². The van der Waals surface area contributed by atoms with E-state index in [1.807, 2.05) is 37.3 Å². The van der Waals surface area contributed by atoms with Gasteiger partial charge in [-0.05, 0) is 25.0 Å². The van der Waals surface area contributed by atoms with Gasteiger partial charge in [0.1, 0.15) is 24.3 Å². The van der Waals surface area contributed by atoms with Gasteiger partial charge >= 0.3 is 11.9 Å². The van der Waals surface area contributed by atoms with E-state index in [1.165, 1.54) is 11.8 Å². The molecule has 138 valence electrons. The standard InChI is InChI=1S/C19H21NO5S/c1-11-10-26-18-15(12(2)25-13(3)21)17(22)20(18)16(11)19(23)24-9-14-7-5-4-6-8-14/h4-8,12,15,18H,9-10H2,1-3H3/t12?,15-,18+/m0/s1. The zero-order valence-corrected chi connectivity index (χ0v) is 15.7. The molecule has 1 fully saturated rings. The normalized spacial score (nSPS) is 23.0. The molecule has 26 heavy (non-hydrogen) atoms. The Morgan fingerprint density at radius 3 is 2.65 bits per heavy atom. The Hall–Kier alpha value is -2.28. The number of amides is 1. The van der Waals surface area contributed by atoms with E-state index in [2.05, 4.69) is 0 Å². The molecule has 0 saturated carbocycles. The van der Waals surface area contributed by atoms with Crippen LogP contribution in [0.4, 0.5) is 0 Å². The third-order valence-electron chi connectivity index (χ3n) is 4.46. The molecule has 1 amide bonds. The number of fused-ring (bicyclic) bond motifs is 1. The number of hydrogen-bond donors (Lipinski definition) is 0. The van der Waals surface area contributed by atoms with Gasteiger partial charge in [-0.3, -0.25) is 14.5 Å². The predicted molar refractivity (Wildman–Crippen MR) is 96.7 cm³/mol. The fourth-order valence-corrected chi connectivity index (χ4v) is 4.68. The van der Waals surface area contributed by atoms with Gasteiger partial charge in [0.15, 0.2) is 0 Å². The molecule has 0 aromatic heterocycles. The Bertz CT molecular complexity index is 760. The van der Waals surface area contributed by atoms with Crippen molar-refractivity contribution in [3.63, 3.8) is 0 Å².